The number of halogens is 1. The fourth-order valence-electron chi connectivity index (χ4n) is 2.78. The molecule has 3 aromatic rings. The monoisotopic (exact) mass is 400 g/mol. The minimum Gasteiger partial charge on any atom is -0.493 e. The van der Waals surface area contributed by atoms with E-state index >= 15 is 0 Å². The number of carbonyl (C=O) groups is 1. The number of benzene rings is 2. The van der Waals surface area contributed by atoms with Crippen molar-refractivity contribution in [3.8, 4) is 11.5 Å². The van der Waals surface area contributed by atoms with E-state index in [1.165, 1.54) is 23.5 Å². The van der Waals surface area contributed by atoms with E-state index < -0.39 is 0 Å². The zero-order valence-corrected chi connectivity index (χ0v) is 16.4. The summed E-state index contributed by atoms with van der Waals surface area (Å²) in [6, 6.07) is 14.8. The van der Waals surface area contributed by atoms with Crippen LogP contribution in [0.1, 0.15) is 22.0 Å². The fourth-order valence-corrected chi connectivity index (χ4v) is 3.59. The second-order valence-electron chi connectivity index (χ2n) is 6.02. The lowest BCUT2D eigenvalue weighted by molar-refractivity contribution is 0.238. The van der Waals surface area contributed by atoms with Gasteiger partial charge in [0.05, 0.1) is 20.3 Å². The average molecular weight is 400 g/mol. The van der Waals surface area contributed by atoms with Gasteiger partial charge in [-0.25, -0.2) is 9.18 Å². The van der Waals surface area contributed by atoms with Gasteiger partial charge < -0.3 is 20.1 Å². The molecule has 7 heteroatoms. The molecule has 2 N–H and O–H groups in total. The molecule has 0 aliphatic rings. The summed E-state index contributed by atoms with van der Waals surface area (Å²) in [5.41, 5.74) is 1.69. The van der Waals surface area contributed by atoms with Crippen molar-refractivity contribution in [3.63, 3.8) is 0 Å². The largest absolute Gasteiger partial charge is 0.493 e. The van der Waals surface area contributed by atoms with E-state index in [9.17, 15) is 9.18 Å². The Morgan fingerprint density at radius 3 is 2.46 bits per heavy atom. The Labute approximate surface area is 167 Å². The lowest BCUT2D eigenvalue weighted by Gasteiger charge is -2.19. The Kier molecular flexibility index (Phi) is 6.49. The molecule has 0 spiro atoms. The number of hydrogen-bond donors (Lipinski definition) is 2. The van der Waals surface area contributed by atoms with Gasteiger partial charge >= 0.3 is 6.03 Å². The summed E-state index contributed by atoms with van der Waals surface area (Å²) in [6.07, 6.45) is 0. The number of carbonyl (C=O) groups excluding carboxylic acids is 1. The van der Waals surface area contributed by atoms with E-state index in [-0.39, 0.29) is 17.9 Å². The Morgan fingerprint density at radius 1 is 1.07 bits per heavy atom. The van der Waals surface area contributed by atoms with Crippen LogP contribution in [0.5, 0.6) is 11.5 Å². The second-order valence-corrected chi connectivity index (χ2v) is 7.00. The molecule has 0 saturated carbocycles. The van der Waals surface area contributed by atoms with E-state index in [0.717, 1.165) is 16.0 Å². The van der Waals surface area contributed by atoms with Gasteiger partial charge in [-0.15, -0.1) is 11.3 Å². The molecule has 0 aliphatic heterocycles. The van der Waals surface area contributed by atoms with Gasteiger partial charge in [0.25, 0.3) is 0 Å². The van der Waals surface area contributed by atoms with Crippen molar-refractivity contribution in [3.05, 3.63) is 81.8 Å². The molecule has 1 aromatic heterocycles. The summed E-state index contributed by atoms with van der Waals surface area (Å²) in [6.45, 7) is 0.326. The van der Waals surface area contributed by atoms with Crippen LogP contribution in [-0.2, 0) is 6.54 Å². The normalized spacial score (nSPS) is 11.5. The molecule has 0 aliphatic carbocycles. The standard InChI is InChI=1S/C21H21FN2O3S/c1-26-17-10-5-14(12-18(17)27-2)13-23-21(25)24-20(19-4-3-11-28-19)15-6-8-16(22)9-7-15/h3-12,20H,13H2,1-2H3,(H2,23,24,25)/t20-/m0/s1. The highest BCUT2D eigenvalue weighted by Gasteiger charge is 2.18. The molecular weight excluding hydrogens is 379 g/mol. The summed E-state index contributed by atoms with van der Waals surface area (Å²) < 4.78 is 23.8. The Morgan fingerprint density at radius 2 is 1.82 bits per heavy atom. The number of thiophene rings is 1. The summed E-state index contributed by atoms with van der Waals surface area (Å²) in [5.74, 6) is 0.918. The predicted molar refractivity (Wildman–Crippen MR) is 107 cm³/mol. The van der Waals surface area contributed by atoms with Crippen molar-refractivity contribution in [2.24, 2.45) is 0 Å². The third kappa shape index (κ3) is 4.80. The maximum absolute atomic E-state index is 13.3. The van der Waals surface area contributed by atoms with E-state index in [2.05, 4.69) is 10.6 Å². The van der Waals surface area contributed by atoms with E-state index in [4.69, 9.17) is 9.47 Å². The minimum absolute atomic E-state index is 0.313. The molecule has 0 fully saturated rings. The third-order valence-electron chi connectivity index (χ3n) is 4.21. The summed E-state index contributed by atoms with van der Waals surface area (Å²) in [7, 11) is 3.14. The number of amides is 2. The number of nitrogens with one attached hydrogen (secondary N) is 2. The zero-order chi connectivity index (χ0) is 19.9. The molecular formula is C21H21FN2O3S. The van der Waals surface area contributed by atoms with Gasteiger partial charge in [0.2, 0.25) is 0 Å². The molecule has 0 radical (unpaired) electrons. The zero-order valence-electron chi connectivity index (χ0n) is 15.6. The van der Waals surface area contributed by atoms with Gasteiger partial charge in [0, 0.05) is 11.4 Å². The first-order chi connectivity index (χ1) is 13.6. The van der Waals surface area contributed by atoms with E-state index in [1.54, 1.807) is 32.4 Å². The lowest BCUT2D eigenvalue weighted by atomic mass is 10.1. The first kappa shape index (κ1) is 19.7. The number of rotatable bonds is 7. The van der Waals surface area contributed by atoms with Gasteiger partial charge in [-0.2, -0.15) is 0 Å². The second kappa shape index (κ2) is 9.23. The van der Waals surface area contributed by atoms with Crippen LogP contribution in [0.3, 0.4) is 0 Å². The molecule has 146 valence electrons. The molecule has 1 atom stereocenters. The number of urea groups is 1. The van der Waals surface area contributed by atoms with Gasteiger partial charge in [-0.3, -0.25) is 0 Å². The molecule has 2 aromatic carbocycles. The van der Waals surface area contributed by atoms with Crippen molar-refractivity contribution in [2.45, 2.75) is 12.6 Å². The molecule has 1 heterocycles. The third-order valence-corrected chi connectivity index (χ3v) is 5.14. The van der Waals surface area contributed by atoms with Crippen molar-refractivity contribution in [1.29, 1.82) is 0 Å². The summed E-state index contributed by atoms with van der Waals surface area (Å²) in [5, 5.41) is 7.74. The Hall–Kier alpha value is -3.06. The fraction of sp³-hybridized carbons (Fsp3) is 0.190. The van der Waals surface area contributed by atoms with Gasteiger partial charge in [0.15, 0.2) is 11.5 Å². The van der Waals surface area contributed by atoms with Gasteiger partial charge in [-0.1, -0.05) is 24.3 Å². The highest BCUT2D eigenvalue weighted by Crippen LogP contribution is 2.28. The first-order valence-corrected chi connectivity index (χ1v) is 9.53. The summed E-state index contributed by atoms with van der Waals surface area (Å²) >= 11 is 1.53. The van der Waals surface area contributed by atoms with Crippen LogP contribution < -0.4 is 20.1 Å². The maximum atomic E-state index is 13.3. The SMILES string of the molecule is COc1ccc(CNC(=O)N[C@@H](c2ccc(F)cc2)c2cccs2)cc1OC. The molecule has 5 nitrogen and oxygen atoms in total. The highest BCUT2D eigenvalue weighted by molar-refractivity contribution is 7.10. The number of methoxy groups -OCH3 is 2. The number of hydrogen-bond acceptors (Lipinski definition) is 4. The van der Waals surface area contributed by atoms with E-state index in [0.29, 0.717) is 18.0 Å². The van der Waals surface area contributed by atoms with Gasteiger partial charge in [-0.05, 0) is 46.8 Å². The Balaban J connectivity index is 1.68. The van der Waals surface area contributed by atoms with Crippen LogP contribution in [0.2, 0.25) is 0 Å². The van der Waals surface area contributed by atoms with Crippen LogP contribution in [-0.4, -0.2) is 20.3 Å². The molecule has 3 rings (SSSR count). The molecule has 28 heavy (non-hydrogen) atoms. The summed E-state index contributed by atoms with van der Waals surface area (Å²) in [4.78, 5) is 13.5. The number of ether oxygens (including phenoxy) is 2. The maximum Gasteiger partial charge on any atom is 0.315 e. The van der Waals surface area contributed by atoms with Crippen molar-refractivity contribution in [2.75, 3.05) is 14.2 Å². The highest BCUT2D eigenvalue weighted by atomic mass is 32.1. The Bertz CT molecular complexity index is 914. The lowest BCUT2D eigenvalue weighted by Crippen LogP contribution is -2.37. The molecule has 0 unspecified atom stereocenters. The average Bonchev–Trinajstić information content (AvgIpc) is 3.25. The van der Waals surface area contributed by atoms with E-state index in [1.807, 2.05) is 29.6 Å². The van der Waals surface area contributed by atoms with Gasteiger partial charge in [0.1, 0.15) is 5.82 Å². The van der Waals surface area contributed by atoms with Crippen LogP contribution >= 0.6 is 11.3 Å². The predicted octanol–water partition coefficient (Wildman–Crippen LogP) is 4.49. The smallest absolute Gasteiger partial charge is 0.315 e. The van der Waals surface area contributed by atoms with Crippen LogP contribution in [0.15, 0.2) is 60.0 Å². The molecule has 0 bridgehead atoms. The molecule has 2 amide bonds. The van der Waals surface area contributed by atoms with Crippen molar-refractivity contribution in [1.82, 2.24) is 10.6 Å². The van der Waals surface area contributed by atoms with Crippen molar-refractivity contribution < 1.29 is 18.7 Å². The van der Waals surface area contributed by atoms with Crippen LogP contribution in [0.4, 0.5) is 9.18 Å². The van der Waals surface area contributed by atoms with Crippen molar-refractivity contribution >= 4 is 17.4 Å². The van der Waals surface area contributed by atoms with Crippen LogP contribution in [0.25, 0.3) is 0 Å². The quantitative estimate of drug-likeness (QED) is 0.614. The first-order valence-electron chi connectivity index (χ1n) is 8.65. The van der Waals surface area contributed by atoms with Crippen LogP contribution in [0, 0.1) is 5.82 Å². The molecule has 0 saturated heterocycles. The topological polar surface area (TPSA) is 59.6 Å². The minimum atomic E-state index is -0.356.